The lowest BCUT2D eigenvalue weighted by atomic mass is 9.92. The van der Waals surface area contributed by atoms with Crippen molar-refractivity contribution in [1.29, 1.82) is 0 Å². The summed E-state index contributed by atoms with van der Waals surface area (Å²) in [6, 6.07) is 0. The molecule has 1 rings (SSSR count). The zero-order valence-electron chi connectivity index (χ0n) is 47.7. The van der Waals surface area contributed by atoms with E-state index in [1.165, 1.54) is 193 Å². The molecule has 1 aliphatic heterocycles. The van der Waals surface area contributed by atoms with Crippen molar-refractivity contribution in [2.24, 2.45) is 5.41 Å². The first kappa shape index (κ1) is 67.7. The van der Waals surface area contributed by atoms with Crippen molar-refractivity contribution in [1.82, 2.24) is 4.90 Å². The summed E-state index contributed by atoms with van der Waals surface area (Å²) in [7, 11) is 0. The van der Waals surface area contributed by atoms with Gasteiger partial charge in [-0.2, -0.15) is 0 Å². The highest BCUT2D eigenvalue weighted by atomic mass is 16.5. The normalized spacial score (nSPS) is 14.1. The maximum absolute atomic E-state index is 13.1. The Bertz CT molecular complexity index is 1190. The molecular weight excluding hydrogens is 891 g/mol. The van der Waals surface area contributed by atoms with Crippen molar-refractivity contribution in [3.05, 3.63) is 72.9 Å². The van der Waals surface area contributed by atoms with Gasteiger partial charge in [-0.3, -0.25) is 9.69 Å². The van der Waals surface area contributed by atoms with Crippen molar-refractivity contribution in [3.63, 3.8) is 0 Å². The van der Waals surface area contributed by atoms with Gasteiger partial charge in [0.2, 0.25) is 0 Å². The lowest BCUT2D eigenvalue weighted by molar-refractivity contribution is -0.157. The van der Waals surface area contributed by atoms with Crippen LogP contribution in [0.15, 0.2) is 72.9 Å². The van der Waals surface area contributed by atoms with Crippen LogP contribution in [0.2, 0.25) is 0 Å². The van der Waals surface area contributed by atoms with E-state index >= 15 is 0 Å². The SMILES string of the molecule is CCCCC/C=C\C/C=C\CCCCCCCCOCC(COCCCCCCCC/C=C\C/C=C\CCCCC)(COCCCCCCCC/C=C\C/C=C\CCCCC)COC(=O)CCN1CC(O)C1. The third-order valence-electron chi connectivity index (χ3n) is 13.8. The molecule has 0 spiro atoms. The Morgan fingerprint density at radius 1 is 0.417 bits per heavy atom. The highest BCUT2D eigenvalue weighted by molar-refractivity contribution is 5.69. The highest BCUT2D eigenvalue weighted by Gasteiger charge is 2.34. The number of carbonyl (C=O) groups excluding carboxylic acids is 1. The van der Waals surface area contributed by atoms with E-state index in [2.05, 4.69) is 98.6 Å². The fraction of sp³-hybridized carbons (Fsp3) is 0.800. The summed E-state index contributed by atoms with van der Waals surface area (Å²) in [5.74, 6) is -0.207. The van der Waals surface area contributed by atoms with Crippen molar-refractivity contribution in [2.45, 2.75) is 264 Å². The van der Waals surface area contributed by atoms with Crippen LogP contribution in [0.4, 0.5) is 0 Å². The van der Waals surface area contributed by atoms with E-state index in [-0.39, 0.29) is 18.7 Å². The second-order valence-electron chi connectivity index (χ2n) is 21.2. The van der Waals surface area contributed by atoms with E-state index in [9.17, 15) is 9.90 Å². The van der Waals surface area contributed by atoms with Crippen LogP contribution >= 0.6 is 0 Å². The maximum atomic E-state index is 13.1. The van der Waals surface area contributed by atoms with Crippen LogP contribution in [0.5, 0.6) is 0 Å². The fourth-order valence-corrected chi connectivity index (χ4v) is 8.97. The van der Waals surface area contributed by atoms with Crippen LogP contribution in [0.1, 0.15) is 258 Å². The van der Waals surface area contributed by atoms with Gasteiger partial charge in [-0.1, -0.05) is 209 Å². The molecule has 1 heterocycles. The fourth-order valence-electron chi connectivity index (χ4n) is 8.97. The van der Waals surface area contributed by atoms with Crippen molar-refractivity contribution >= 4 is 5.97 Å². The minimum atomic E-state index is -0.558. The Kier molecular flexibility index (Phi) is 51.7. The van der Waals surface area contributed by atoms with Gasteiger partial charge in [0.05, 0.1) is 37.8 Å². The van der Waals surface area contributed by atoms with Gasteiger partial charge >= 0.3 is 5.97 Å². The molecular formula is C65H117NO6. The number of likely N-dealkylation sites (tertiary alicyclic amines) is 1. The van der Waals surface area contributed by atoms with Gasteiger partial charge in [-0.15, -0.1) is 0 Å². The zero-order chi connectivity index (χ0) is 51.8. The molecule has 0 aromatic heterocycles. The van der Waals surface area contributed by atoms with Crippen LogP contribution in [-0.2, 0) is 23.7 Å². The summed E-state index contributed by atoms with van der Waals surface area (Å²) in [4.78, 5) is 15.2. The summed E-state index contributed by atoms with van der Waals surface area (Å²) in [5.41, 5.74) is -0.558. The van der Waals surface area contributed by atoms with Crippen LogP contribution < -0.4 is 0 Å². The van der Waals surface area contributed by atoms with E-state index in [4.69, 9.17) is 18.9 Å². The summed E-state index contributed by atoms with van der Waals surface area (Å²) < 4.78 is 25.4. The summed E-state index contributed by atoms with van der Waals surface area (Å²) in [6.07, 6.45) is 71.9. The number of ether oxygens (including phenoxy) is 4. The zero-order valence-corrected chi connectivity index (χ0v) is 47.7. The van der Waals surface area contributed by atoms with Gasteiger partial charge in [0.1, 0.15) is 6.61 Å². The maximum Gasteiger partial charge on any atom is 0.307 e. The number of rotatable bonds is 56. The van der Waals surface area contributed by atoms with Crippen LogP contribution in [0.25, 0.3) is 0 Å². The lowest BCUT2D eigenvalue weighted by Crippen LogP contribution is -2.51. The number of carbonyl (C=O) groups is 1. The number of aliphatic hydroxyl groups excluding tert-OH is 1. The van der Waals surface area contributed by atoms with Gasteiger partial charge in [-0.25, -0.2) is 0 Å². The minimum Gasteiger partial charge on any atom is -0.465 e. The number of β-amino-alcohol motifs (C(OH)–C–C–N with tert-alkyl or cyclic N) is 1. The topological polar surface area (TPSA) is 77.5 Å². The Balaban J connectivity index is 2.60. The standard InChI is InChI=1S/C65H117NO6/c1-4-7-10-13-16-19-22-25-28-31-34-37-40-43-46-49-54-69-59-65(62-72-64(68)52-53-66-57-63(67)58-66,60-70-55-50-47-44-41-38-35-32-29-26-23-20-17-14-11-8-5-2)61-71-56-51-48-45-42-39-36-33-30-27-24-21-18-15-12-9-6-3/h16-21,25-30,63,67H,4-15,22-24,31-62H2,1-3H3/b19-16-,20-17-,21-18-,28-25-,29-26-,30-27-. The van der Waals surface area contributed by atoms with E-state index in [0.29, 0.717) is 65.7 Å². The van der Waals surface area contributed by atoms with Crippen LogP contribution in [0.3, 0.4) is 0 Å². The molecule has 0 atom stereocenters. The summed E-state index contributed by atoms with van der Waals surface area (Å²) >= 11 is 0. The first-order valence-corrected chi connectivity index (χ1v) is 30.7. The monoisotopic (exact) mass is 1010 g/mol. The quantitative estimate of drug-likeness (QED) is 0.0369. The smallest absolute Gasteiger partial charge is 0.307 e. The number of aliphatic hydroxyl groups is 1. The molecule has 0 bridgehead atoms. The molecule has 1 fully saturated rings. The van der Waals surface area contributed by atoms with Crippen molar-refractivity contribution in [3.8, 4) is 0 Å². The summed E-state index contributed by atoms with van der Waals surface area (Å²) in [6.45, 7) is 12.3. The average molecular weight is 1010 g/mol. The van der Waals surface area contributed by atoms with Gasteiger partial charge in [0.15, 0.2) is 0 Å². The largest absolute Gasteiger partial charge is 0.465 e. The van der Waals surface area contributed by atoms with Gasteiger partial charge < -0.3 is 24.1 Å². The molecule has 0 saturated carbocycles. The molecule has 418 valence electrons. The van der Waals surface area contributed by atoms with Crippen LogP contribution in [-0.4, -0.2) is 88.0 Å². The first-order valence-electron chi connectivity index (χ1n) is 30.7. The van der Waals surface area contributed by atoms with Gasteiger partial charge in [0, 0.05) is 39.5 Å². The van der Waals surface area contributed by atoms with Crippen LogP contribution in [0, 0.1) is 5.41 Å². The molecule has 72 heavy (non-hydrogen) atoms. The molecule has 0 amide bonds. The molecule has 0 unspecified atom stereocenters. The molecule has 7 nitrogen and oxygen atoms in total. The Morgan fingerprint density at radius 3 is 1.01 bits per heavy atom. The van der Waals surface area contributed by atoms with Gasteiger partial charge in [-0.05, 0) is 116 Å². The Morgan fingerprint density at radius 2 is 0.708 bits per heavy atom. The predicted octanol–water partition coefficient (Wildman–Crippen LogP) is 18.1. The van der Waals surface area contributed by atoms with E-state index in [0.717, 1.165) is 38.5 Å². The Hall–Kier alpha value is -2.29. The second-order valence-corrected chi connectivity index (χ2v) is 21.2. The highest BCUT2D eigenvalue weighted by Crippen LogP contribution is 2.23. The molecule has 0 aromatic carbocycles. The third-order valence-corrected chi connectivity index (χ3v) is 13.8. The van der Waals surface area contributed by atoms with E-state index < -0.39 is 5.41 Å². The lowest BCUT2D eigenvalue weighted by Gasteiger charge is -2.35. The molecule has 0 radical (unpaired) electrons. The molecule has 1 saturated heterocycles. The predicted molar refractivity (Wildman–Crippen MR) is 311 cm³/mol. The first-order chi connectivity index (χ1) is 35.5. The number of hydrogen-bond donors (Lipinski definition) is 1. The number of unbranched alkanes of at least 4 members (excludes halogenated alkanes) is 27. The number of esters is 1. The average Bonchev–Trinajstić information content (AvgIpc) is 3.37. The molecule has 0 aliphatic carbocycles. The minimum absolute atomic E-state index is 0.207. The molecule has 7 heteroatoms. The van der Waals surface area contributed by atoms with Crippen molar-refractivity contribution in [2.75, 3.05) is 65.9 Å². The number of nitrogens with zero attached hydrogens (tertiary/aromatic N) is 1. The molecule has 0 aromatic rings. The second kappa shape index (κ2) is 55.0. The third kappa shape index (κ3) is 47.4. The molecule has 1 aliphatic rings. The van der Waals surface area contributed by atoms with E-state index in [1.54, 1.807) is 0 Å². The summed E-state index contributed by atoms with van der Waals surface area (Å²) in [5, 5.41) is 9.72. The molecule has 1 N–H and O–H groups in total. The van der Waals surface area contributed by atoms with Gasteiger partial charge in [0.25, 0.3) is 0 Å². The number of allylic oxidation sites excluding steroid dienone is 12. The van der Waals surface area contributed by atoms with E-state index in [1.807, 2.05) is 0 Å². The number of hydrogen-bond acceptors (Lipinski definition) is 7. The van der Waals surface area contributed by atoms with Crippen molar-refractivity contribution < 1.29 is 28.8 Å². The Labute approximate surface area is 446 Å².